The van der Waals surface area contributed by atoms with E-state index in [-0.39, 0.29) is 23.3 Å². The van der Waals surface area contributed by atoms with E-state index in [2.05, 4.69) is 5.32 Å². The fourth-order valence-corrected chi connectivity index (χ4v) is 4.16. The first-order valence-corrected chi connectivity index (χ1v) is 12.3. The van der Waals surface area contributed by atoms with Gasteiger partial charge in [0.05, 0.1) is 10.7 Å². The highest BCUT2D eigenvalue weighted by Gasteiger charge is 2.28. The molecule has 1 atom stereocenters. The highest BCUT2D eigenvalue weighted by Crippen LogP contribution is 2.19. The van der Waals surface area contributed by atoms with Crippen LogP contribution in [-0.2, 0) is 21.9 Å². The number of hydrogen-bond donors (Lipinski definition) is 1. The van der Waals surface area contributed by atoms with Crippen molar-refractivity contribution in [3.8, 4) is 0 Å². The predicted molar refractivity (Wildman–Crippen MR) is 133 cm³/mol. The Morgan fingerprint density at radius 1 is 1.06 bits per heavy atom. The molecule has 0 saturated heterocycles. The lowest BCUT2D eigenvalue weighted by Gasteiger charge is -2.31. The van der Waals surface area contributed by atoms with Crippen LogP contribution in [0.2, 0.25) is 0 Å². The van der Waals surface area contributed by atoms with E-state index in [1.165, 1.54) is 23.9 Å². The highest BCUT2D eigenvalue weighted by molar-refractivity contribution is 7.99. The Morgan fingerprint density at radius 3 is 2.21 bits per heavy atom. The largest absolute Gasteiger partial charge is 0.354 e. The third-order valence-electron chi connectivity index (χ3n) is 5.19. The molecule has 0 radical (unpaired) electrons. The Kier molecular flexibility index (Phi) is 10.4. The molecule has 0 saturated carbocycles. The summed E-state index contributed by atoms with van der Waals surface area (Å²) in [5.41, 5.74) is 3.06. The lowest BCUT2D eigenvalue weighted by Crippen LogP contribution is -2.50. The van der Waals surface area contributed by atoms with Crippen molar-refractivity contribution in [2.75, 3.05) is 12.3 Å². The zero-order valence-electron chi connectivity index (χ0n) is 19.7. The fraction of sp³-hybridized carbons (Fsp3) is 0.440. The summed E-state index contributed by atoms with van der Waals surface area (Å²) in [6.45, 7) is 8.92. The lowest BCUT2D eigenvalue weighted by atomic mass is 10.1. The minimum absolute atomic E-state index is 0.0438. The van der Waals surface area contributed by atoms with Gasteiger partial charge < -0.3 is 10.2 Å². The molecule has 2 aromatic rings. The SMILES string of the molecule is CCC(C(=O)NCC(C)C)N(Cc1ccc(C)cc1)C(=O)CSCc1ccc([N+](=O)[O-])cc1. The van der Waals surface area contributed by atoms with Crippen LogP contribution < -0.4 is 5.32 Å². The van der Waals surface area contributed by atoms with Gasteiger partial charge in [0.2, 0.25) is 11.8 Å². The first-order valence-electron chi connectivity index (χ1n) is 11.1. The number of non-ortho nitro benzene ring substituents is 1. The van der Waals surface area contributed by atoms with Gasteiger partial charge in [-0.25, -0.2) is 0 Å². The number of carbonyl (C=O) groups is 2. The number of hydrogen-bond acceptors (Lipinski definition) is 5. The van der Waals surface area contributed by atoms with Crippen molar-refractivity contribution in [2.45, 2.75) is 52.5 Å². The van der Waals surface area contributed by atoms with Crippen molar-refractivity contribution in [3.63, 3.8) is 0 Å². The van der Waals surface area contributed by atoms with E-state index < -0.39 is 11.0 Å². The van der Waals surface area contributed by atoms with Crippen LogP contribution in [0, 0.1) is 23.0 Å². The molecule has 0 fully saturated rings. The molecule has 1 unspecified atom stereocenters. The van der Waals surface area contributed by atoms with Gasteiger partial charge in [-0.1, -0.05) is 62.7 Å². The smallest absolute Gasteiger partial charge is 0.269 e. The average molecular weight is 472 g/mol. The summed E-state index contributed by atoms with van der Waals surface area (Å²) >= 11 is 1.44. The van der Waals surface area contributed by atoms with Crippen LogP contribution >= 0.6 is 11.8 Å². The number of aryl methyl sites for hydroxylation is 1. The number of amides is 2. The molecule has 2 aromatic carbocycles. The zero-order valence-corrected chi connectivity index (χ0v) is 20.6. The van der Waals surface area contributed by atoms with Gasteiger partial charge in [-0.05, 0) is 30.4 Å². The topological polar surface area (TPSA) is 92.6 Å². The van der Waals surface area contributed by atoms with Crippen molar-refractivity contribution >= 4 is 29.3 Å². The van der Waals surface area contributed by atoms with Crippen molar-refractivity contribution in [3.05, 3.63) is 75.3 Å². The summed E-state index contributed by atoms with van der Waals surface area (Å²) < 4.78 is 0. The summed E-state index contributed by atoms with van der Waals surface area (Å²) in [6.07, 6.45) is 0.522. The monoisotopic (exact) mass is 471 g/mol. The maximum Gasteiger partial charge on any atom is 0.269 e. The average Bonchev–Trinajstić information content (AvgIpc) is 2.79. The molecule has 0 aliphatic rings. The quantitative estimate of drug-likeness (QED) is 0.357. The maximum absolute atomic E-state index is 13.2. The molecule has 8 heteroatoms. The molecule has 178 valence electrons. The third kappa shape index (κ3) is 8.53. The summed E-state index contributed by atoms with van der Waals surface area (Å²) in [6, 6.07) is 13.8. The summed E-state index contributed by atoms with van der Waals surface area (Å²) in [5, 5.41) is 13.8. The normalized spacial score (nSPS) is 11.8. The van der Waals surface area contributed by atoms with Crippen LogP contribution in [0.4, 0.5) is 5.69 Å². The second-order valence-electron chi connectivity index (χ2n) is 8.49. The molecule has 1 N–H and O–H groups in total. The number of nitro groups is 1. The number of nitro benzene ring substituents is 1. The van der Waals surface area contributed by atoms with Crippen LogP contribution in [-0.4, -0.2) is 40.0 Å². The van der Waals surface area contributed by atoms with E-state index >= 15 is 0 Å². The Bertz CT molecular complexity index is 930. The van der Waals surface area contributed by atoms with Crippen LogP contribution in [0.25, 0.3) is 0 Å². The number of nitrogens with one attached hydrogen (secondary N) is 1. The minimum Gasteiger partial charge on any atom is -0.354 e. The molecular formula is C25H33N3O4S. The summed E-state index contributed by atoms with van der Waals surface area (Å²) in [5.74, 6) is 0.862. The van der Waals surface area contributed by atoms with Gasteiger partial charge in [0, 0.05) is 31.0 Å². The Hall–Kier alpha value is -2.87. The fourth-order valence-electron chi connectivity index (χ4n) is 3.29. The molecule has 0 bridgehead atoms. The Morgan fingerprint density at radius 2 is 1.67 bits per heavy atom. The molecular weight excluding hydrogens is 438 g/mol. The van der Waals surface area contributed by atoms with Crippen molar-refractivity contribution < 1.29 is 14.5 Å². The van der Waals surface area contributed by atoms with Crippen LogP contribution in [0.15, 0.2) is 48.5 Å². The molecule has 33 heavy (non-hydrogen) atoms. The molecule has 0 aliphatic carbocycles. The molecule has 0 aliphatic heterocycles. The van der Waals surface area contributed by atoms with Crippen molar-refractivity contribution in [1.29, 1.82) is 0 Å². The van der Waals surface area contributed by atoms with Gasteiger partial charge in [-0.2, -0.15) is 0 Å². The number of nitrogens with zero attached hydrogens (tertiary/aromatic N) is 2. The van der Waals surface area contributed by atoms with Crippen LogP contribution in [0.1, 0.15) is 43.9 Å². The first kappa shape index (κ1) is 26.4. The predicted octanol–water partition coefficient (Wildman–Crippen LogP) is 4.72. The number of thioether (sulfide) groups is 1. The van der Waals surface area contributed by atoms with Gasteiger partial charge in [0.1, 0.15) is 6.04 Å². The van der Waals surface area contributed by atoms with Crippen LogP contribution in [0.5, 0.6) is 0 Å². The first-order chi connectivity index (χ1) is 15.7. The Labute approximate surface area is 200 Å². The molecule has 0 heterocycles. The van der Waals surface area contributed by atoms with E-state index in [1.807, 2.05) is 52.0 Å². The minimum atomic E-state index is -0.544. The highest BCUT2D eigenvalue weighted by atomic mass is 32.2. The number of benzene rings is 2. The van der Waals surface area contributed by atoms with Gasteiger partial charge >= 0.3 is 0 Å². The van der Waals surface area contributed by atoms with Crippen molar-refractivity contribution in [1.82, 2.24) is 10.2 Å². The molecule has 7 nitrogen and oxygen atoms in total. The zero-order chi connectivity index (χ0) is 24.4. The van der Waals surface area contributed by atoms with Gasteiger partial charge in [0.25, 0.3) is 5.69 Å². The van der Waals surface area contributed by atoms with Gasteiger partial charge in [-0.3, -0.25) is 19.7 Å². The van der Waals surface area contributed by atoms with Crippen molar-refractivity contribution in [2.24, 2.45) is 5.92 Å². The van der Waals surface area contributed by atoms with E-state index in [1.54, 1.807) is 17.0 Å². The molecule has 0 aromatic heterocycles. The number of carbonyl (C=O) groups excluding carboxylic acids is 2. The molecule has 2 amide bonds. The maximum atomic E-state index is 13.2. The van der Waals surface area contributed by atoms with Gasteiger partial charge in [-0.15, -0.1) is 11.8 Å². The van der Waals surface area contributed by atoms with Crippen LogP contribution in [0.3, 0.4) is 0 Å². The Balaban J connectivity index is 2.09. The third-order valence-corrected chi connectivity index (χ3v) is 6.17. The van der Waals surface area contributed by atoms with E-state index in [4.69, 9.17) is 0 Å². The summed E-state index contributed by atoms with van der Waals surface area (Å²) in [7, 11) is 0. The second-order valence-corrected chi connectivity index (χ2v) is 9.47. The van der Waals surface area contributed by atoms with Gasteiger partial charge in [0.15, 0.2) is 0 Å². The molecule has 0 spiro atoms. The molecule has 2 rings (SSSR count). The standard InChI is InChI=1S/C25H33N3O4S/c1-5-23(25(30)26-14-18(2)3)27(15-20-8-6-19(4)7-9-20)24(29)17-33-16-21-10-12-22(13-11-21)28(31)32/h6-13,18,23H,5,14-17H2,1-4H3,(H,26,30). The van der Waals surface area contributed by atoms with E-state index in [9.17, 15) is 19.7 Å². The number of rotatable bonds is 12. The lowest BCUT2D eigenvalue weighted by molar-refractivity contribution is -0.384. The summed E-state index contributed by atoms with van der Waals surface area (Å²) in [4.78, 5) is 38.2. The second kappa shape index (κ2) is 13.0. The van der Waals surface area contributed by atoms with E-state index in [0.29, 0.717) is 31.2 Å². The van der Waals surface area contributed by atoms with E-state index in [0.717, 1.165) is 16.7 Å².